The number of hydrogen-bond donors (Lipinski definition) is 0. The average molecular weight is 445 g/mol. The van der Waals surface area contributed by atoms with Gasteiger partial charge in [0.1, 0.15) is 0 Å². The zero-order valence-corrected chi connectivity index (χ0v) is 18.7. The van der Waals surface area contributed by atoms with Crippen molar-refractivity contribution in [2.75, 3.05) is 26.7 Å². The molecule has 0 aromatic heterocycles. The van der Waals surface area contributed by atoms with Crippen LogP contribution in [-0.2, 0) is 26.1 Å². The molecule has 1 saturated heterocycles. The molecular formula is C23H28N2O5S. The van der Waals surface area contributed by atoms with E-state index in [-0.39, 0.29) is 29.2 Å². The van der Waals surface area contributed by atoms with Crippen molar-refractivity contribution < 1.29 is 22.7 Å². The number of piperidine rings is 1. The standard InChI is InChI=1S/C23H28N2O5S/c1-3-25(31(28,29)21-7-5-4-6-8-21)17-18-9-11-19(12-10-18)22(26)24-15-13-20(14-16-24)23(27)30-2/h4-12,20H,3,13-17H2,1-2H3. The molecule has 31 heavy (non-hydrogen) atoms. The van der Waals surface area contributed by atoms with Gasteiger partial charge in [0.15, 0.2) is 0 Å². The van der Waals surface area contributed by atoms with Gasteiger partial charge < -0.3 is 9.64 Å². The molecule has 0 saturated carbocycles. The van der Waals surface area contributed by atoms with Gasteiger partial charge >= 0.3 is 5.97 Å². The number of methoxy groups -OCH3 is 1. The van der Waals surface area contributed by atoms with Crippen LogP contribution in [0.3, 0.4) is 0 Å². The fraction of sp³-hybridized carbons (Fsp3) is 0.391. The number of benzene rings is 2. The van der Waals surface area contributed by atoms with E-state index in [1.54, 1.807) is 66.4 Å². The predicted molar refractivity (Wildman–Crippen MR) is 117 cm³/mol. The zero-order chi connectivity index (χ0) is 22.4. The Morgan fingerprint density at radius 1 is 1.03 bits per heavy atom. The normalized spacial score (nSPS) is 15.1. The van der Waals surface area contributed by atoms with Crippen LogP contribution in [0.5, 0.6) is 0 Å². The lowest BCUT2D eigenvalue weighted by molar-refractivity contribution is -0.146. The lowest BCUT2D eigenvalue weighted by Gasteiger charge is -2.30. The molecule has 7 nitrogen and oxygen atoms in total. The monoisotopic (exact) mass is 444 g/mol. The van der Waals surface area contributed by atoms with Crippen LogP contribution in [0.1, 0.15) is 35.7 Å². The predicted octanol–water partition coefficient (Wildman–Crippen LogP) is 2.92. The Kier molecular flexibility index (Phi) is 7.46. The minimum absolute atomic E-state index is 0.0841. The first-order chi connectivity index (χ1) is 14.9. The third-order valence-electron chi connectivity index (χ3n) is 5.61. The Balaban J connectivity index is 1.64. The lowest BCUT2D eigenvalue weighted by Crippen LogP contribution is -2.40. The summed E-state index contributed by atoms with van der Waals surface area (Å²) in [6.07, 6.45) is 1.19. The number of ether oxygens (including phenoxy) is 1. The first-order valence-corrected chi connectivity index (χ1v) is 11.8. The molecule has 2 aromatic carbocycles. The Morgan fingerprint density at radius 2 is 1.65 bits per heavy atom. The van der Waals surface area contributed by atoms with Gasteiger partial charge in [-0.3, -0.25) is 9.59 Å². The van der Waals surface area contributed by atoms with Crippen molar-refractivity contribution in [3.63, 3.8) is 0 Å². The fourth-order valence-corrected chi connectivity index (χ4v) is 5.19. The minimum Gasteiger partial charge on any atom is -0.469 e. The Morgan fingerprint density at radius 3 is 2.19 bits per heavy atom. The number of rotatable bonds is 7. The molecule has 0 radical (unpaired) electrons. The van der Waals surface area contributed by atoms with Crippen LogP contribution in [0.4, 0.5) is 0 Å². The highest BCUT2D eigenvalue weighted by Gasteiger charge is 2.28. The molecule has 0 spiro atoms. The molecule has 1 aliphatic heterocycles. The topological polar surface area (TPSA) is 84.0 Å². The van der Waals surface area contributed by atoms with Crippen molar-refractivity contribution >= 4 is 21.9 Å². The highest BCUT2D eigenvalue weighted by atomic mass is 32.2. The molecule has 0 aliphatic carbocycles. The van der Waals surface area contributed by atoms with Gasteiger partial charge in [-0.2, -0.15) is 4.31 Å². The quantitative estimate of drug-likeness (QED) is 0.613. The van der Waals surface area contributed by atoms with E-state index in [9.17, 15) is 18.0 Å². The number of hydrogen-bond acceptors (Lipinski definition) is 5. The van der Waals surface area contributed by atoms with Gasteiger partial charge in [0.25, 0.3) is 5.91 Å². The number of esters is 1. The summed E-state index contributed by atoms with van der Waals surface area (Å²) >= 11 is 0. The average Bonchev–Trinajstić information content (AvgIpc) is 2.82. The summed E-state index contributed by atoms with van der Waals surface area (Å²) in [6, 6.07) is 15.4. The molecule has 0 N–H and O–H groups in total. The highest BCUT2D eigenvalue weighted by molar-refractivity contribution is 7.89. The van der Waals surface area contributed by atoms with E-state index in [2.05, 4.69) is 0 Å². The Labute approximate surface area is 183 Å². The maximum absolute atomic E-state index is 12.9. The van der Waals surface area contributed by atoms with Gasteiger partial charge in [-0.15, -0.1) is 0 Å². The van der Waals surface area contributed by atoms with Crippen LogP contribution >= 0.6 is 0 Å². The molecule has 166 valence electrons. The van der Waals surface area contributed by atoms with Crippen molar-refractivity contribution in [2.45, 2.75) is 31.2 Å². The van der Waals surface area contributed by atoms with Crippen molar-refractivity contribution in [1.29, 1.82) is 0 Å². The van der Waals surface area contributed by atoms with Gasteiger partial charge in [-0.25, -0.2) is 8.42 Å². The molecule has 3 rings (SSSR count). The highest BCUT2D eigenvalue weighted by Crippen LogP contribution is 2.21. The van der Waals surface area contributed by atoms with Crippen LogP contribution in [-0.4, -0.2) is 56.2 Å². The second kappa shape index (κ2) is 10.1. The number of nitrogens with zero attached hydrogens (tertiary/aromatic N) is 2. The molecule has 1 amide bonds. The summed E-state index contributed by atoms with van der Waals surface area (Å²) in [5.74, 6) is -0.454. The van der Waals surface area contributed by atoms with Crippen LogP contribution < -0.4 is 0 Å². The fourth-order valence-electron chi connectivity index (χ4n) is 3.73. The maximum Gasteiger partial charge on any atom is 0.308 e. The smallest absolute Gasteiger partial charge is 0.308 e. The van der Waals surface area contributed by atoms with E-state index in [0.29, 0.717) is 38.0 Å². The molecule has 0 atom stereocenters. The maximum atomic E-state index is 12.9. The summed E-state index contributed by atoms with van der Waals surface area (Å²) in [5, 5.41) is 0. The summed E-state index contributed by atoms with van der Waals surface area (Å²) in [6.45, 7) is 3.40. The molecule has 1 aliphatic rings. The van der Waals surface area contributed by atoms with Crippen molar-refractivity contribution in [3.8, 4) is 0 Å². The summed E-state index contributed by atoms with van der Waals surface area (Å²) in [7, 11) is -2.21. The third kappa shape index (κ3) is 5.32. The van der Waals surface area contributed by atoms with Crippen LogP contribution in [0.25, 0.3) is 0 Å². The molecule has 0 unspecified atom stereocenters. The van der Waals surface area contributed by atoms with Crippen LogP contribution in [0.15, 0.2) is 59.5 Å². The Hall–Kier alpha value is -2.71. The van der Waals surface area contributed by atoms with E-state index in [0.717, 1.165) is 5.56 Å². The van der Waals surface area contributed by atoms with Crippen molar-refractivity contribution in [1.82, 2.24) is 9.21 Å². The number of sulfonamides is 1. The minimum atomic E-state index is -3.59. The summed E-state index contributed by atoms with van der Waals surface area (Å²) < 4.78 is 32.0. The van der Waals surface area contributed by atoms with Gasteiger partial charge in [-0.1, -0.05) is 37.3 Å². The van der Waals surface area contributed by atoms with Crippen LogP contribution in [0.2, 0.25) is 0 Å². The SMILES string of the molecule is CCN(Cc1ccc(C(=O)N2CCC(C(=O)OC)CC2)cc1)S(=O)(=O)c1ccccc1. The molecule has 2 aromatic rings. The van der Waals surface area contributed by atoms with Crippen LogP contribution in [0, 0.1) is 5.92 Å². The van der Waals surface area contributed by atoms with E-state index in [1.165, 1.54) is 11.4 Å². The van der Waals surface area contributed by atoms with Gasteiger partial charge in [-0.05, 0) is 42.7 Å². The summed E-state index contributed by atoms with van der Waals surface area (Å²) in [5.41, 5.74) is 1.36. The third-order valence-corrected chi connectivity index (χ3v) is 7.55. The molecular weight excluding hydrogens is 416 g/mol. The number of carbonyl (C=O) groups excluding carboxylic acids is 2. The number of carbonyl (C=O) groups is 2. The van der Waals surface area contributed by atoms with Gasteiger partial charge in [0, 0.05) is 31.7 Å². The molecule has 1 fully saturated rings. The van der Waals surface area contributed by atoms with Gasteiger partial charge in [0.2, 0.25) is 10.0 Å². The zero-order valence-electron chi connectivity index (χ0n) is 17.9. The van der Waals surface area contributed by atoms with Gasteiger partial charge in [0.05, 0.1) is 17.9 Å². The Bertz CT molecular complexity index is 998. The molecule has 1 heterocycles. The van der Waals surface area contributed by atoms with E-state index in [4.69, 9.17) is 4.74 Å². The number of likely N-dealkylation sites (tertiary alicyclic amines) is 1. The summed E-state index contributed by atoms with van der Waals surface area (Å²) in [4.78, 5) is 26.4. The second-order valence-electron chi connectivity index (χ2n) is 7.53. The van der Waals surface area contributed by atoms with E-state index >= 15 is 0 Å². The molecule has 8 heteroatoms. The number of amides is 1. The largest absolute Gasteiger partial charge is 0.469 e. The molecule has 0 bridgehead atoms. The van der Waals surface area contributed by atoms with E-state index < -0.39 is 10.0 Å². The van der Waals surface area contributed by atoms with Crippen molar-refractivity contribution in [3.05, 3.63) is 65.7 Å². The first-order valence-electron chi connectivity index (χ1n) is 10.4. The van der Waals surface area contributed by atoms with E-state index in [1.807, 2.05) is 0 Å². The first kappa shape index (κ1) is 23.0. The van der Waals surface area contributed by atoms with Crippen molar-refractivity contribution in [2.24, 2.45) is 5.92 Å². The second-order valence-corrected chi connectivity index (χ2v) is 9.47. The lowest BCUT2D eigenvalue weighted by atomic mass is 9.96.